The molecule has 0 aliphatic rings. The van der Waals surface area contributed by atoms with E-state index < -0.39 is 12.1 Å². The van der Waals surface area contributed by atoms with E-state index in [0.717, 1.165) is 5.65 Å². The Bertz CT molecular complexity index is 507. The molecule has 5 nitrogen and oxygen atoms in total. The number of aromatic nitrogens is 2. The Labute approximate surface area is 92.3 Å². The molecule has 2 rings (SSSR count). The van der Waals surface area contributed by atoms with Gasteiger partial charge in [-0.15, -0.1) is 0 Å². The van der Waals surface area contributed by atoms with Gasteiger partial charge in [0.2, 0.25) is 0 Å². The van der Waals surface area contributed by atoms with Crippen LogP contribution in [0.5, 0.6) is 0 Å². The molecule has 16 heavy (non-hydrogen) atoms. The highest BCUT2D eigenvalue weighted by Crippen LogP contribution is 2.18. The van der Waals surface area contributed by atoms with Crippen molar-refractivity contribution in [2.75, 3.05) is 7.11 Å². The maximum Gasteiger partial charge on any atom is 0.308 e. The van der Waals surface area contributed by atoms with E-state index in [9.17, 15) is 9.90 Å². The van der Waals surface area contributed by atoms with Crippen molar-refractivity contribution in [3.8, 4) is 0 Å². The lowest BCUT2D eigenvalue weighted by molar-refractivity contribution is -0.142. The second kappa shape index (κ2) is 4.32. The van der Waals surface area contributed by atoms with E-state index in [0.29, 0.717) is 5.69 Å². The summed E-state index contributed by atoms with van der Waals surface area (Å²) >= 11 is 0. The van der Waals surface area contributed by atoms with Crippen LogP contribution in [0.2, 0.25) is 0 Å². The molecule has 0 spiro atoms. The van der Waals surface area contributed by atoms with E-state index in [1.807, 2.05) is 18.2 Å². The van der Waals surface area contributed by atoms with Crippen molar-refractivity contribution in [1.82, 2.24) is 9.38 Å². The van der Waals surface area contributed by atoms with Crippen LogP contribution >= 0.6 is 0 Å². The van der Waals surface area contributed by atoms with E-state index in [2.05, 4.69) is 9.72 Å². The minimum absolute atomic E-state index is 0.0703. The molecule has 0 fully saturated rings. The van der Waals surface area contributed by atoms with Crippen molar-refractivity contribution in [1.29, 1.82) is 0 Å². The molecule has 0 aliphatic carbocycles. The number of pyridine rings is 1. The smallest absolute Gasteiger partial charge is 0.308 e. The molecule has 0 radical (unpaired) electrons. The maximum atomic E-state index is 11.0. The number of hydrogen-bond donors (Lipinski definition) is 1. The van der Waals surface area contributed by atoms with Crippen molar-refractivity contribution in [3.63, 3.8) is 0 Å². The molecule has 2 aromatic rings. The molecule has 0 saturated carbocycles. The quantitative estimate of drug-likeness (QED) is 0.781. The van der Waals surface area contributed by atoms with E-state index in [4.69, 9.17) is 0 Å². The number of imidazole rings is 1. The average Bonchev–Trinajstić information content (AvgIpc) is 2.72. The highest BCUT2D eigenvalue weighted by molar-refractivity contribution is 5.70. The van der Waals surface area contributed by atoms with Crippen LogP contribution in [-0.2, 0) is 9.53 Å². The Morgan fingerprint density at radius 2 is 2.44 bits per heavy atom. The Balaban J connectivity index is 2.29. The van der Waals surface area contributed by atoms with Crippen LogP contribution in [0.4, 0.5) is 0 Å². The number of methoxy groups -OCH3 is 1. The first kappa shape index (κ1) is 10.6. The lowest BCUT2D eigenvalue weighted by Gasteiger charge is -2.08. The normalized spacial score (nSPS) is 12.6. The van der Waals surface area contributed by atoms with Gasteiger partial charge in [-0.1, -0.05) is 6.07 Å². The lowest BCUT2D eigenvalue weighted by atomic mass is 10.2. The van der Waals surface area contributed by atoms with Gasteiger partial charge in [0, 0.05) is 6.20 Å². The summed E-state index contributed by atoms with van der Waals surface area (Å²) in [6.07, 6.45) is 2.38. The third-order valence-corrected chi connectivity index (χ3v) is 2.37. The number of fused-ring (bicyclic) bond motifs is 1. The molecule has 84 valence electrons. The first-order valence-corrected chi connectivity index (χ1v) is 4.89. The molecule has 0 aliphatic heterocycles. The molecule has 0 amide bonds. The number of nitrogens with zero attached hydrogens (tertiary/aromatic N) is 2. The molecule has 2 heterocycles. The highest BCUT2D eigenvalue weighted by atomic mass is 16.5. The van der Waals surface area contributed by atoms with Gasteiger partial charge in [0.15, 0.2) is 0 Å². The van der Waals surface area contributed by atoms with Gasteiger partial charge in [-0.2, -0.15) is 0 Å². The van der Waals surface area contributed by atoms with Crippen molar-refractivity contribution >= 4 is 11.6 Å². The number of aliphatic hydroxyl groups excluding tert-OH is 1. The minimum atomic E-state index is -0.898. The Kier molecular flexibility index (Phi) is 2.87. The zero-order valence-corrected chi connectivity index (χ0v) is 8.83. The summed E-state index contributed by atoms with van der Waals surface area (Å²) in [5.41, 5.74) is 1.32. The molecule has 0 aromatic carbocycles. The van der Waals surface area contributed by atoms with Crippen LogP contribution in [0.25, 0.3) is 5.65 Å². The predicted octanol–water partition coefficient (Wildman–Crippen LogP) is 0.931. The third-order valence-electron chi connectivity index (χ3n) is 2.37. The number of hydrogen-bond acceptors (Lipinski definition) is 4. The number of aliphatic hydroxyl groups is 1. The van der Waals surface area contributed by atoms with Crippen LogP contribution in [0.1, 0.15) is 18.2 Å². The fourth-order valence-corrected chi connectivity index (χ4v) is 1.54. The van der Waals surface area contributed by atoms with Gasteiger partial charge >= 0.3 is 5.97 Å². The molecule has 0 bridgehead atoms. The summed E-state index contributed by atoms with van der Waals surface area (Å²) in [4.78, 5) is 15.2. The van der Waals surface area contributed by atoms with Crippen LogP contribution in [-0.4, -0.2) is 27.6 Å². The second-order valence-electron chi connectivity index (χ2n) is 3.41. The van der Waals surface area contributed by atoms with E-state index >= 15 is 0 Å². The predicted molar refractivity (Wildman–Crippen MR) is 56.8 cm³/mol. The standard InChI is InChI=1S/C11H12N2O3/c1-16-11(15)6-9(14)8-7-12-10-4-2-3-5-13(8)10/h2-5,7,9,14H,6H2,1H3. The molecular weight excluding hydrogens is 208 g/mol. The number of esters is 1. The Hall–Kier alpha value is -1.88. The molecular formula is C11H12N2O3. The average molecular weight is 220 g/mol. The van der Waals surface area contributed by atoms with Crippen molar-refractivity contribution in [3.05, 3.63) is 36.3 Å². The van der Waals surface area contributed by atoms with E-state index in [1.54, 1.807) is 16.8 Å². The van der Waals surface area contributed by atoms with Gasteiger partial charge in [0.05, 0.1) is 25.4 Å². The van der Waals surface area contributed by atoms with Gasteiger partial charge in [0.25, 0.3) is 0 Å². The third kappa shape index (κ3) is 1.90. The SMILES string of the molecule is COC(=O)CC(O)c1cnc2ccccn12. The van der Waals surface area contributed by atoms with Gasteiger partial charge in [-0.3, -0.25) is 4.79 Å². The first-order valence-electron chi connectivity index (χ1n) is 4.89. The summed E-state index contributed by atoms with van der Waals surface area (Å²) in [6, 6.07) is 5.52. The van der Waals surface area contributed by atoms with Gasteiger partial charge < -0.3 is 14.2 Å². The van der Waals surface area contributed by atoms with Crippen molar-refractivity contribution in [2.24, 2.45) is 0 Å². The fraction of sp³-hybridized carbons (Fsp3) is 0.273. The van der Waals surface area contributed by atoms with Crippen LogP contribution in [0.15, 0.2) is 30.6 Å². The zero-order chi connectivity index (χ0) is 11.5. The van der Waals surface area contributed by atoms with Gasteiger partial charge in [-0.05, 0) is 12.1 Å². The number of rotatable bonds is 3. The topological polar surface area (TPSA) is 63.8 Å². The summed E-state index contributed by atoms with van der Waals surface area (Å²) in [7, 11) is 1.30. The number of carbonyl (C=O) groups is 1. The van der Waals surface area contributed by atoms with Crippen LogP contribution in [0, 0.1) is 0 Å². The monoisotopic (exact) mass is 220 g/mol. The highest BCUT2D eigenvalue weighted by Gasteiger charge is 2.16. The summed E-state index contributed by atoms with van der Waals surface area (Å²) in [6.45, 7) is 0. The maximum absolute atomic E-state index is 11.0. The van der Waals surface area contributed by atoms with Crippen LogP contribution in [0.3, 0.4) is 0 Å². The largest absolute Gasteiger partial charge is 0.469 e. The molecule has 0 saturated heterocycles. The number of carbonyl (C=O) groups excluding carboxylic acids is 1. The molecule has 5 heteroatoms. The van der Waals surface area contributed by atoms with Crippen molar-refractivity contribution < 1.29 is 14.6 Å². The molecule has 1 N–H and O–H groups in total. The van der Waals surface area contributed by atoms with Crippen molar-refractivity contribution in [2.45, 2.75) is 12.5 Å². The van der Waals surface area contributed by atoms with Crippen LogP contribution < -0.4 is 0 Å². The van der Waals surface area contributed by atoms with E-state index in [1.165, 1.54) is 7.11 Å². The first-order chi connectivity index (χ1) is 7.72. The molecule has 1 unspecified atom stereocenters. The Morgan fingerprint density at radius 3 is 3.19 bits per heavy atom. The van der Waals surface area contributed by atoms with Gasteiger partial charge in [0.1, 0.15) is 11.8 Å². The summed E-state index contributed by atoms with van der Waals surface area (Å²) < 4.78 is 6.25. The lowest BCUT2D eigenvalue weighted by Crippen LogP contribution is -2.09. The minimum Gasteiger partial charge on any atom is -0.469 e. The zero-order valence-electron chi connectivity index (χ0n) is 8.83. The number of ether oxygens (including phenoxy) is 1. The second-order valence-corrected chi connectivity index (χ2v) is 3.41. The van der Waals surface area contributed by atoms with Gasteiger partial charge in [-0.25, -0.2) is 4.98 Å². The molecule has 2 aromatic heterocycles. The Morgan fingerprint density at radius 1 is 1.62 bits per heavy atom. The summed E-state index contributed by atoms with van der Waals surface area (Å²) in [5, 5.41) is 9.85. The molecule has 1 atom stereocenters. The van der Waals surface area contributed by atoms with E-state index in [-0.39, 0.29) is 6.42 Å². The summed E-state index contributed by atoms with van der Waals surface area (Å²) in [5.74, 6) is -0.446. The fourth-order valence-electron chi connectivity index (χ4n) is 1.54.